The van der Waals surface area contributed by atoms with Crippen molar-refractivity contribution < 1.29 is 12.8 Å². The molecule has 8 heteroatoms. The van der Waals surface area contributed by atoms with Gasteiger partial charge in [-0.3, -0.25) is 4.90 Å². The van der Waals surface area contributed by atoms with E-state index < -0.39 is 15.8 Å². The van der Waals surface area contributed by atoms with Crippen molar-refractivity contribution in [2.24, 2.45) is 0 Å². The second-order valence-electron chi connectivity index (χ2n) is 4.57. The number of nitrogens with one attached hydrogen (secondary N) is 2. The Morgan fingerprint density at radius 1 is 1.35 bits per heavy atom. The number of hydrogen-bond acceptors (Lipinski definition) is 4. The lowest BCUT2D eigenvalue weighted by Gasteiger charge is -2.27. The van der Waals surface area contributed by atoms with E-state index in [0.717, 1.165) is 32.2 Å². The second-order valence-corrected chi connectivity index (χ2v) is 7.19. The van der Waals surface area contributed by atoms with Crippen LogP contribution in [0.2, 0.25) is 0 Å². The summed E-state index contributed by atoms with van der Waals surface area (Å²) in [5.74, 6) is -0.482. The zero-order chi connectivity index (χ0) is 14.6. The van der Waals surface area contributed by atoms with Gasteiger partial charge < -0.3 is 5.32 Å². The lowest BCUT2D eigenvalue weighted by atomic mass is 10.3. The maximum Gasteiger partial charge on any atom is 0.240 e. The van der Waals surface area contributed by atoms with E-state index in [9.17, 15) is 12.8 Å². The summed E-state index contributed by atoms with van der Waals surface area (Å²) in [4.78, 5) is 2.26. The van der Waals surface area contributed by atoms with Crippen LogP contribution in [-0.2, 0) is 10.0 Å². The normalized spacial score (nSPS) is 17.3. The van der Waals surface area contributed by atoms with Crippen LogP contribution >= 0.6 is 15.9 Å². The molecule has 1 aliphatic rings. The lowest BCUT2D eigenvalue weighted by molar-refractivity contribution is 0.245. The van der Waals surface area contributed by atoms with Crippen molar-refractivity contribution >= 4 is 26.0 Å². The Balaban J connectivity index is 1.91. The van der Waals surface area contributed by atoms with Gasteiger partial charge in [0.1, 0.15) is 5.82 Å². The van der Waals surface area contributed by atoms with Crippen LogP contribution in [0.15, 0.2) is 27.6 Å². The summed E-state index contributed by atoms with van der Waals surface area (Å²) >= 11 is 2.99. The van der Waals surface area contributed by atoms with Crippen LogP contribution in [0, 0.1) is 5.82 Å². The first-order valence-electron chi connectivity index (χ1n) is 6.37. The first-order valence-corrected chi connectivity index (χ1v) is 8.64. The second kappa shape index (κ2) is 6.95. The highest BCUT2D eigenvalue weighted by molar-refractivity contribution is 9.10. The summed E-state index contributed by atoms with van der Waals surface area (Å²) in [6, 6.07) is 3.66. The van der Waals surface area contributed by atoms with Gasteiger partial charge in [0.05, 0.1) is 9.37 Å². The Hall–Kier alpha value is -0.540. The van der Waals surface area contributed by atoms with Crippen molar-refractivity contribution in [2.45, 2.75) is 4.90 Å². The quantitative estimate of drug-likeness (QED) is 0.808. The van der Waals surface area contributed by atoms with Crippen molar-refractivity contribution in [3.63, 3.8) is 0 Å². The summed E-state index contributed by atoms with van der Waals surface area (Å²) in [6.45, 7) is 4.71. The fourth-order valence-corrected chi connectivity index (χ4v) is 3.58. The van der Waals surface area contributed by atoms with E-state index in [1.165, 1.54) is 12.1 Å². The van der Waals surface area contributed by atoms with Gasteiger partial charge in [-0.2, -0.15) is 0 Å². The Bertz CT molecular complexity index is 562. The Labute approximate surface area is 126 Å². The highest BCUT2D eigenvalue weighted by Crippen LogP contribution is 2.19. The molecule has 1 heterocycles. The molecular formula is C12H17BrFN3O2S. The molecule has 0 radical (unpaired) electrons. The molecule has 0 bridgehead atoms. The Morgan fingerprint density at radius 2 is 2.05 bits per heavy atom. The fourth-order valence-electron chi connectivity index (χ4n) is 2.00. The molecule has 112 valence electrons. The van der Waals surface area contributed by atoms with Gasteiger partial charge in [0.15, 0.2) is 0 Å². The van der Waals surface area contributed by atoms with Crippen LogP contribution in [0.1, 0.15) is 0 Å². The average molecular weight is 366 g/mol. The predicted octanol–water partition coefficient (Wildman–Crippen LogP) is 0.772. The van der Waals surface area contributed by atoms with Crippen LogP contribution in [0.3, 0.4) is 0 Å². The maximum atomic E-state index is 13.1. The van der Waals surface area contributed by atoms with Crippen molar-refractivity contribution in [1.29, 1.82) is 0 Å². The van der Waals surface area contributed by atoms with E-state index in [0.29, 0.717) is 13.1 Å². The topological polar surface area (TPSA) is 61.4 Å². The number of piperazine rings is 1. The summed E-state index contributed by atoms with van der Waals surface area (Å²) in [5.41, 5.74) is 0. The third-order valence-electron chi connectivity index (χ3n) is 3.13. The molecule has 1 fully saturated rings. The Kier molecular flexibility index (Phi) is 5.50. The number of hydrogen-bond donors (Lipinski definition) is 2. The number of benzene rings is 1. The molecule has 1 aliphatic heterocycles. The number of rotatable bonds is 5. The first kappa shape index (κ1) is 15.8. The van der Waals surface area contributed by atoms with Crippen LogP contribution in [0.5, 0.6) is 0 Å². The SMILES string of the molecule is O=S(=O)(NCCN1CCNCC1)c1ccc(F)c(Br)c1. The molecule has 0 spiro atoms. The predicted molar refractivity (Wildman–Crippen MR) is 78.6 cm³/mol. The third kappa shape index (κ3) is 4.23. The summed E-state index contributed by atoms with van der Waals surface area (Å²) in [6.07, 6.45) is 0. The van der Waals surface area contributed by atoms with Gasteiger partial charge >= 0.3 is 0 Å². The zero-order valence-electron chi connectivity index (χ0n) is 10.9. The smallest absolute Gasteiger partial charge is 0.240 e. The van der Waals surface area contributed by atoms with Gasteiger partial charge in [-0.15, -0.1) is 0 Å². The van der Waals surface area contributed by atoms with Gasteiger partial charge in [-0.25, -0.2) is 17.5 Å². The number of nitrogens with zero attached hydrogens (tertiary/aromatic N) is 1. The van der Waals surface area contributed by atoms with Crippen LogP contribution in [-0.4, -0.2) is 52.6 Å². The molecule has 2 N–H and O–H groups in total. The van der Waals surface area contributed by atoms with Crippen LogP contribution in [0.4, 0.5) is 4.39 Å². The molecule has 0 saturated carbocycles. The summed E-state index contributed by atoms with van der Waals surface area (Å²) in [5, 5.41) is 3.24. The van der Waals surface area contributed by atoms with E-state index in [1.54, 1.807) is 0 Å². The fraction of sp³-hybridized carbons (Fsp3) is 0.500. The van der Waals surface area contributed by atoms with Crippen LogP contribution < -0.4 is 10.0 Å². The highest BCUT2D eigenvalue weighted by atomic mass is 79.9. The third-order valence-corrected chi connectivity index (χ3v) is 5.20. The lowest BCUT2D eigenvalue weighted by Crippen LogP contribution is -2.46. The van der Waals surface area contributed by atoms with Gasteiger partial charge in [0.2, 0.25) is 10.0 Å². The van der Waals surface area contributed by atoms with Crippen molar-refractivity contribution in [3.8, 4) is 0 Å². The molecule has 2 rings (SSSR count). The van der Waals surface area contributed by atoms with E-state index in [2.05, 4.69) is 30.9 Å². The largest absolute Gasteiger partial charge is 0.314 e. The molecule has 1 saturated heterocycles. The van der Waals surface area contributed by atoms with Crippen LogP contribution in [0.25, 0.3) is 0 Å². The summed E-state index contributed by atoms with van der Waals surface area (Å²) < 4.78 is 39.9. The van der Waals surface area contributed by atoms with Gasteiger partial charge in [0, 0.05) is 39.3 Å². The summed E-state index contributed by atoms with van der Waals surface area (Å²) in [7, 11) is -3.59. The highest BCUT2D eigenvalue weighted by Gasteiger charge is 2.16. The molecular weight excluding hydrogens is 349 g/mol. The molecule has 0 unspecified atom stereocenters. The first-order chi connectivity index (χ1) is 9.49. The van der Waals surface area contributed by atoms with E-state index in [4.69, 9.17) is 0 Å². The van der Waals surface area contributed by atoms with Gasteiger partial charge in [-0.1, -0.05) is 0 Å². The van der Waals surface area contributed by atoms with E-state index in [1.807, 2.05) is 0 Å². The minimum atomic E-state index is -3.59. The number of halogens is 2. The molecule has 0 aromatic heterocycles. The van der Waals surface area contributed by atoms with Crippen molar-refractivity contribution in [1.82, 2.24) is 14.9 Å². The maximum absolute atomic E-state index is 13.1. The minimum absolute atomic E-state index is 0.0612. The monoisotopic (exact) mass is 365 g/mol. The van der Waals surface area contributed by atoms with Gasteiger partial charge in [0.25, 0.3) is 0 Å². The minimum Gasteiger partial charge on any atom is -0.314 e. The molecule has 1 aromatic rings. The molecule has 0 aliphatic carbocycles. The number of sulfonamides is 1. The Morgan fingerprint density at radius 3 is 2.70 bits per heavy atom. The average Bonchev–Trinajstić information content (AvgIpc) is 2.43. The molecule has 5 nitrogen and oxygen atoms in total. The van der Waals surface area contributed by atoms with Crippen molar-refractivity contribution in [3.05, 3.63) is 28.5 Å². The molecule has 0 amide bonds. The molecule has 0 atom stereocenters. The van der Waals surface area contributed by atoms with Gasteiger partial charge in [-0.05, 0) is 34.1 Å². The molecule has 1 aromatic carbocycles. The van der Waals surface area contributed by atoms with Crippen molar-refractivity contribution in [2.75, 3.05) is 39.3 Å². The van der Waals surface area contributed by atoms with E-state index in [-0.39, 0.29) is 9.37 Å². The van der Waals surface area contributed by atoms with E-state index >= 15 is 0 Å². The standard InChI is InChI=1S/C12H17BrFN3O2S/c13-11-9-10(1-2-12(11)14)20(18,19)16-5-8-17-6-3-15-4-7-17/h1-2,9,15-16H,3-8H2. The zero-order valence-corrected chi connectivity index (χ0v) is 13.3. The molecule has 20 heavy (non-hydrogen) atoms.